The predicted octanol–water partition coefficient (Wildman–Crippen LogP) is 1.73. The van der Waals surface area contributed by atoms with Gasteiger partial charge in [0.2, 0.25) is 0 Å². The molecule has 3 aliphatic heterocycles. The lowest BCUT2D eigenvalue weighted by Crippen LogP contribution is -2.68. The van der Waals surface area contributed by atoms with Gasteiger partial charge in [0.25, 0.3) is 0 Å². The van der Waals surface area contributed by atoms with E-state index in [0.717, 1.165) is 78.8 Å². The Balaban J connectivity index is 2.17. The van der Waals surface area contributed by atoms with Gasteiger partial charge < -0.3 is 27.5 Å². The van der Waals surface area contributed by atoms with Gasteiger partial charge >= 0.3 is 8.80 Å². The van der Waals surface area contributed by atoms with Crippen LogP contribution < -0.4 is 0 Å². The maximum absolute atomic E-state index is 6.97. The van der Waals surface area contributed by atoms with E-state index in [1.165, 1.54) is 25.7 Å². The molecule has 3 rings (SSSR count). The molecule has 0 amide bonds. The van der Waals surface area contributed by atoms with Gasteiger partial charge in [-0.15, -0.1) is 0 Å². The summed E-state index contributed by atoms with van der Waals surface area (Å²) in [5.74, 6) is 0.229. The number of hydrogen-bond donors (Lipinski definition) is 0. The summed E-state index contributed by atoms with van der Waals surface area (Å²) < 4.78 is 39.2. The van der Waals surface area contributed by atoms with E-state index < -0.39 is 17.6 Å². The molecule has 3 aliphatic rings. The summed E-state index contributed by atoms with van der Waals surface area (Å²) in [4.78, 5) is 0. The van der Waals surface area contributed by atoms with E-state index in [0.29, 0.717) is 0 Å². The molecule has 5 unspecified atom stereocenters. The zero-order valence-corrected chi connectivity index (χ0v) is 28.5. The predicted molar refractivity (Wildman–Crippen MR) is 145 cm³/mol. The summed E-state index contributed by atoms with van der Waals surface area (Å²) in [7, 11) is 3.04. The highest BCUT2D eigenvalue weighted by molar-refractivity contribution is 6.64. The van der Waals surface area contributed by atoms with Gasteiger partial charge in [-0.25, -0.2) is 0 Å². The first-order valence-corrected chi connectivity index (χ1v) is 20.0. The summed E-state index contributed by atoms with van der Waals surface area (Å²) in [5.41, 5.74) is 0.108. The molecule has 6 nitrogen and oxygen atoms in total. The van der Waals surface area contributed by atoms with Crippen LogP contribution in [0.4, 0.5) is 0 Å². The van der Waals surface area contributed by atoms with Crippen molar-refractivity contribution >= 4 is 38.1 Å². The highest BCUT2D eigenvalue weighted by Crippen LogP contribution is 2.55. The Morgan fingerprint density at radius 1 is 0.788 bits per heavy atom. The van der Waals surface area contributed by atoms with Crippen molar-refractivity contribution in [2.45, 2.75) is 98.5 Å². The zero-order chi connectivity index (χ0) is 24.2. The molecule has 0 saturated carbocycles. The first kappa shape index (κ1) is 28.2. The van der Waals surface area contributed by atoms with Crippen LogP contribution in [-0.2, 0) is 27.5 Å². The van der Waals surface area contributed by atoms with E-state index in [2.05, 4.69) is 13.1 Å². The molecule has 0 aromatic heterocycles. The molecule has 5 atom stereocenters. The third kappa shape index (κ3) is 5.80. The smallest absolute Gasteiger partial charge is 0.380 e. The van der Waals surface area contributed by atoms with Crippen LogP contribution in [0.15, 0.2) is 0 Å². The average molecular weight is 535 g/mol. The number of hydrogen-bond acceptors (Lipinski definition) is 6. The molecule has 194 valence electrons. The molecule has 0 radical (unpaired) electrons. The van der Waals surface area contributed by atoms with Gasteiger partial charge in [-0.05, 0) is 64.2 Å². The minimum atomic E-state index is -3.02. The Hall–Kier alpha value is 0.628. The van der Waals surface area contributed by atoms with E-state index in [-0.39, 0.29) is 27.1 Å². The van der Waals surface area contributed by atoms with Crippen molar-refractivity contribution in [2.24, 2.45) is 5.92 Å². The van der Waals surface area contributed by atoms with Crippen LogP contribution in [-0.4, -0.2) is 94.9 Å². The van der Waals surface area contributed by atoms with Gasteiger partial charge in [0.15, 0.2) is 0 Å². The van der Waals surface area contributed by atoms with E-state index in [9.17, 15) is 0 Å². The molecule has 33 heavy (non-hydrogen) atoms. The molecule has 0 N–H and O–H groups in total. The van der Waals surface area contributed by atoms with Crippen LogP contribution in [0.2, 0.25) is 18.6 Å². The monoisotopic (exact) mass is 534 g/mol. The highest BCUT2D eigenvalue weighted by atomic mass is 28.4. The summed E-state index contributed by atoms with van der Waals surface area (Å²) >= 11 is 0. The van der Waals surface area contributed by atoms with Gasteiger partial charge in [-0.2, -0.15) is 0 Å². The zero-order valence-electron chi connectivity index (χ0n) is 22.4. The van der Waals surface area contributed by atoms with Gasteiger partial charge in [0.05, 0.1) is 19.2 Å². The Bertz CT molecular complexity index is 591. The number of rotatable bonds is 10. The van der Waals surface area contributed by atoms with Crippen LogP contribution >= 0.6 is 0 Å². The third-order valence-electron chi connectivity index (χ3n) is 8.91. The second kappa shape index (κ2) is 11.8. The Kier molecular flexibility index (Phi) is 10.1. The SMILES string of the molecule is CO[Si](OC)(OC)C(CC1([SiH3])CCCCO1)C(C1([SiH3])CCCCO1)C1([SiH](C)C)CCCCO1. The summed E-state index contributed by atoms with van der Waals surface area (Å²) in [5, 5.41) is -0.323. The van der Waals surface area contributed by atoms with Crippen molar-refractivity contribution in [2.75, 3.05) is 41.2 Å². The van der Waals surface area contributed by atoms with Gasteiger partial charge in [-0.3, -0.25) is 0 Å². The van der Waals surface area contributed by atoms with E-state index in [1.54, 1.807) is 21.3 Å². The second-order valence-electron chi connectivity index (χ2n) is 11.3. The van der Waals surface area contributed by atoms with Crippen LogP contribution in [0.5, 0.6) is 0 Å². The van der Waals surface area contributed by atoms with Gasteiger partial charge in [0.1, 0.15) is 0 Å². The van der Waals surface area contributed by atoms with Crippen molar-refractivity contribution in [3.05, 3.63) is 0 Å². The molecule has 0 aliphatic carbocycles. The molecular weight excluding hydrogens is 485 g/mol. The molecule has 0 aromatic rings. The third-order valence-corrected chi connectivity index (χ3v) is 17.4. The molecule has 0 spiro atoms. The average Bonchev–Trinajstić information content (AvgIpc) is 2.82. The fourth-order valence-electron chi connectivity index (χ4n) is 7.15. The van der Waals surface area contributed by atoms with Crippen molar-refractivity contribution in [1.29, 1.82) is 0 Å². The topological polar surface area (TPSA) is 55.4 Å². The molecule has 3 heterocycles. The van der Waals surface area contributed by atoms with Crippen LogP contribution in [0, 0.1) is 5.92 Å². The van der Waals surface area contributed by atoms with E-state index in [4.69, 9.17) is 27.5 Å². The van der Waals surface area contributed by atoms with Crippen LogP contribution in [0.3, 0.4) is 0 Å². The molecule has 0 bridgehead atoms. The minimum absolute atomic E-state index is 0.0595. The quantitative estimate of drug-likeness (QED) is 0.398. The molecule has 10 heteroatoms. The standard InChI is InChI=1S/C23H50O6Si4/c1-24-33(25-2,26-3)19(18-21(30)12-6-9-15-27-21)20(22(31)13-7-10-16-28-22)23(32(4)5)14-8-11-17-29-23/h19-20,32H,6-18H2,1-5,30-31H3. The van der Waals surface area contributed by atoms with E-state index in [1.807, 2.05) is 0 Å². The maximum atomic E-state index is 6.97. The van der Waals surface area contributed by atoms with Crippen molar-refractivity contribution in [3.8, 4) is 0 Å². The fraction of sp³-hybridized carbons (Fsp3) is 1.00. The maximum Gasteiger partial charge on any atom is 0.503 e. The summed E-state index contributed by atoms with van der Waals surface area (Å²) in [6, 6.07) is 0. The molecule has 3 fully saturated rings. The van der Waals surface area contributed by atoms with Crippen molar-refractivity contribution in [3.63, 3.8) is 0 Å². The molecule has 0 aromatic carbocycles. The van der Waals surface area contributed by atoms with Crippen LogP contribution in [0.1, 0.15) is 64.2 Å². The largest absolute Gasteiger partial charge is 0.503 e. The van der Waals surface area contributed by atoms with Crippen LogP contribution in [0.25, 0.3) is 0 Å². The van der Waals surface area contributed by atoms with E-state index >= 15 is 0 Å². The molecular formula is C23H50O6Si4. The summed E-state index contributed by atoms with van der Waals surface area (Å²) in [6.07, 6.45) is 11.5. The Morgan fingerprint density at radius 2 is 1.33 bits per heavy atom. The normalized spacial score (nSPS) is 36.2. The second-order valence-corrected chi connectivity index (χ2v) is 21.3. The van der Waals surface area contributed by atoms with Gasteiger partial charge in [-0.1, -0.05) is 13.1 Å². The summed E-state index contributed by atoms with van der Waals surface area (Å²) in [6.45, 7) is 7.53. The van der Waals surface area contributed by atoms with Crippen molar-refractivity contribution in [1.82, 2.24) is 0 Å². The lowest BCUT2D eigenvalue weighted by Gasteiger charge is -2.58. The van der Waals surface area contributed by atoms with Gasteiger partial charge in [0, 0.05) is 78.3 Å². The van der Waals surface area contributed by atoms with Crippen molar-refractivity contribution < 1.29 is 27.5 Å². The lowest BCUT2D eigenvalue weighted by molar-refractivity contribution is -0.153. The first-order valence-electron chi connectivity index (χ1n) is 13.3. The lowest BCUT2D eigenvalue weighted by atomic mass is 9.80. The fourth-order valence-corrected chi connectivity index (χ4v) is 16.5. The minimum Gasteiger partial charge on any atom is -0.380 e. The first-order chi connectivity index (χ1) is 15.7. The Morgan fingerprint density at radius 3 is 1.76 bits per heavy atom. The Labute approximate surface area is 211 Å². The molecule has 3 saturated heterocycles. The number of ether oxygens (including phenoxy) is 3. The highest BCUT2D eigenvalue weighted by Gasteiger charge is 2.64.